The molecule has 0 N–H and O–H groups in total. The fourth-order valence-electron chi connectivity index (χ4n) is 2.88. The van der Waals surface area contributed by atoms with E-state index in [-0.39, 0.29) is 23.9 Å². The zero-order chi connectivity index (χ0) is 15.5. The van der Waals surface area contributed by atoms with Crippen molar-refractivity contribution in [1.29, 1.82) is 0 Å². The summed E-state index contributed by atoms with van der Waals surface area (Å²) >= 11 is 0. The first-order valence-electron chi connectivity index (χ1n) is 8.12. The maximum Gasteiger partial charge on any atom is 0.159 e. The molecule has 1 aromatic rings. The molecule has 2 heteroatoms. The summed E-state index contributed by atoms with van der Waals surface area (Å²) in [7, 11) is 0. The molecule has 0 saturated heterocycles. The molecule has 1 aliphatic carbocycles. The van der Waals surface area contributed by atoms with Gasteiger partial charge in [0.05, 0.1) is 5.60 Å². The number of hydrogen-bond donors (Lipinski definition) is 0. The summed E-state index contributed by atoms with van der Waals surface area (Å²) in [5, 5.41) is 0. The van der Waals surface area contributed by atoms with Gasteiger partial charge in [0.2, 0.25) is 0 Å². The van der Waals surface area contributed by atoms with Gasteiger partial charge in [-0.25, -0.2) is 0 Å². The standard InChI is InChI=1S/C19H28O2/c1-14(11-18(20)13-21-19(2,3)4)16-10-9-15-7-5-6-8-17(15)12-16/h9-10,12,14H,5-8,11,13H2,1-4H3. The van der Waals surface area contributed by atoms with Crippen LogP contribution in [0.25, 0.3) is 0 Å². The van der Waals surface area contributed by atoms with Crippen molar-refractivity contribution in [1.82, 2.24) is 0 Å². The van der Waals surface area contributed by atoms with E-state index in [4.69, 9.17) is 4.74 Å². The number of rotatable bonds is 5. The molecule has 0 aliphatic heterocycles. The van der Waals surface area contributed by atoms with Gasteiger partial charge in [0.25, 0.3) is 0 Å². The van der Waals surface area contributed by atoms with Gasteiger partial charge in [-0.1, -0.05) is 25.1 Å². The summed E-state index contributed by atoms with van der Waals surface area (Å²) in [6.07, 6.45) is 5.57. The summed E-state index contributed by atoms with van der Waals surface area (Å²) in [6.45, 7) is 8.30. The molecule has 0 fully saturated rings. The lowest BCUT2D eigenvalue weighted by Crippen LogP contribution is -2.24. The molecule has 2 rings (SSSR count). The lowest BCUT2D eigenvalue weighted by atomic mass is 9.87. The molecule has 21 heavy (non-hydrogen) atoms. The number of ether oxygens (including phenoxy) is 1. The third-order valence-corrected chi connectivity index (χ3v) is 4.14. The van der Waals surface area contributed by atoms with Crippen LogP contribution in [0, 0.1) is 0 Å². The maximum absolute atomic E-state index is 12.0. The van der Waals surface area contributed by atoms with E-state index in [1.165, 1.54) is 42.4 Å². The van der Waals surface area contributed by atoms with Crippen molar-refractivity contribution in [3.05, 3.63) is 34.9 Å². The number of ketones is 1. The van der Waals surface area contributed by atoms with E-state index in [9.17, 15) is 4.79 Å². The van der Waals surface area contributed by atoms with Gasteiger partial charge in [-0.3, -0.25) is 4.79 Å². The molecule has 1 unspecified atom stereocenters. The van der Waals surface area contributed by atoms with Crippen molar-refractivity contribution in [2.75, 3.05) is 6.61 Å². The Bertz CT molecular complexity index is 497. The zero-order valence-corrected chi connectivity index (χ0v) is 13.9. The normalized spacial score (nSPS) is 16.4. The van der Waals surface area contributed by atoms with Crippen molar-refractivity contribution in [2.45, 2.75) is 71.3 Å². The summed E-state index contributed by atoms with van der Waals surface area (Å²) in [5.74, 6) is 0.462. The van der Waals surface area contributed by atoms with Gasteiger partial charge in [0.15, 0.2) is 5.78 Å². The summed E-state index contributed by atoms with van der Waals surface area (Å²) in [4.78, 5) is 12.0. The van der Waals surface area contributed by atoms with Gasteiger partial charge < -0.3 is 4.74 Å². The minimum absolute atomic E-state index is 0.190. The Morgan fingerprint density at radius 2 is 1.86 bits per heavy atom. The zero-order valence-electron chi connectivity index (χ0n) is 13.9. The highest BCUT2D eigenvalue weighted by Crippen LogP contribution is 2.27. The predicted octanol–water partition coefficient (Wildman–Crippen LogP) is 4.44. The Morgan fingerprint density at radius 3 is 2.52 bits per heavy atom. The van der Waals surface area contributed by atoms with Crippen LogP contribution in [-0.2, 0) is 22.4 Å². The molecule has 1 aromatic carbocycles. The van der Waals surface area contributed by atoms with Crippen LogP contribution in [0.1, 0.15) is 69.6 Å². The maximum atomic E-state index is 12.0. The summed E-state index contributed by atoms with van der Waals surface area (Å²) in [5.41, 5.74) is 4.04. The summed E-state index contributed by atoms with van der Waals surface area (Å²) in [6, 6.07) is 6.78. The first-order chi connectivity index (χ1) is 9.85. The van der Waals surface area contributed by atoms with Crippen LogP contribution in [0.15, 0.2) is 18.2 Å². The number of carbonyl (C=O) groups is 1. The number of carbonyl (C=O) groups excluding carboxylic acids is 1. The molecule has 0 aromatic heterocycles. The molecule has 2 nitrogen and oxygen atoms in total. The molecule has 0 amide bonds. The Labute approximate surface area is 128 Å². The van der Waals surface area contributed by atoms with Crippen molar-refractivity contribution >= 4 is 5.78 Å². The molecule has 0 heterocycles. The van der Waals surface area contributed by atoms with E-state index in [0.717, 1.165) is 0 Å². The van der Waals surface area contributed by atoms with Crippen LogP contribution in [-0.4, -0.2) is 18.0 Å². The molecule has 0 bridgehead atoms. The van der Waals surface area contributed by atoms with Gasteiger partial charge in [-0.2, -0.15) is 0 Å². The molecule has 0 saturated carbocycles. The summed E-state index contributed by atoms with van der Waals surface area (Å²) < 4.78 is 5.57. The smallest absolute Gasteiger partial charge is 0.159 e. The predicted molar refractivity (Wildman–Crippen MR) is 86.8 cm³/mol. The monoisotopic (exact) mass is 288 g/mol. The highest BCUT2D eigenvalue weighted by atomic mass is 16.5. The SMILES string of the molecule is CC(CC(=O)COC(C)(C)C)c1ccc2c(c1)CCCC2. The van der Waals surface area contributed by atoms with Crippen LogP contribution in [0.2, 0.25) is 0 Å². The van der Waals surface area contributed by atoms with Crippen LogP contribution >= 0.6 is 0 Å². The fraction of sp³-hybridized carbons (Fsp3) is 0.632. The van der Waals surface area contributed by atoms with E-state index >= 15 is 0 Å². The molecule has 0 spiro atoms. The van der Waals surface area contributed by atoms with Crippen molar-refractivity contribution in [2.24, 2.45) is 0 Å². The topological polar surface area (TPSA) is 26.3 Å². The Balaban J connectivity index is 1.94. The fourth-order valence-corrected chi connectivity index (χ4v) is 2.88. The van der Waals surface area contributed by atoms with Gasteiger partial charge in [-0.15, -0.1) is 0 Å². The molecule has 1 atom stereocenters. The van der Waals surface area contributed by atoms with Gasteiger partial charge >= 0.3 is 0 Å². The van der Waals surface area contributed by atoms with E-state index < -0.39 is 0 Å². The minimum atomic E-state index is -0.245. The third-order valence-electron chi connectivity index (χ3n) is 4.14. The number of Topliss-reactive ketones (excluding diaryl/α,β-unsaturated/α-hetero) is 1. The third kappa shape index (κ3) is 4.96. The van der Waals surface area contributed by atoms with Gasteiger partial charge in [0, 0.05) is 6.42 Å². The first-order valence-corrected chi connectivity index (χ1v) is 8.12. The van der Waals surface area contributed by atoms with Crippen molar-refractivity contribution < 1.29 is 9.53 Å². The number of fused-ring (bicyclic) bond motifs is 1. The van der Waals surface area contributed by atoms with Crippen molar-refractivity contribution in [3.63, 3.8) is 0 Å². The Hall–Kier alpha value is -1.15. The molecule has 1 aliphatic rings. The molecular formula is C19H28O2. The van der Waals surface area contributed by atoms with Crippen LogP contribution in [0.3, 0.4) is 0 Å². The van der Waals surface area contributed by atoms with E-state index in [0.29, 0.717) is 6.42 Å². The minimum Gasteiger partial charge on any atom is -0.368 e. The second kappa shape index (κ2) is 6.74. The average molecular weight is 288 g/mol. The lowest BCUT2D eigenvalue weighted by Gasteiger charge is -2.21. The van der Waals surface area contributed by atoms with Gasteiger partial charge in [-0.05, 0) is 69.1 Å². The van der Waals surface area contributed by atoms with Crippen LogP contribution in [0.5, 0.6) is 0 Å². The van der Waals surface area contributed by atoms with E-state index in [1.807, 2.05) is 20.8 Å². The highest BCUT2D eigenvalue weighted by molar-refractivity contribution is 5.80. The largest absolute Gasteiger partial charge is 0.368 e. The molecule has 116 valence electrons. The number of hydrogen-bond acceptors (Lipinski definition) is 2. The van der Waals surface area contributed by atoms with Crippen LogP contribution < -0.4 is 0 Å². The number of benzene rings is 1. The second-order valence-corrected chi connectivity index (χ2v) is 7.28. The highest BCUT2D eigenvalue weighted by Gasteiger charge is 2.17. The van der Waals surface area contributed by atoms with E-state index in [2.05, 4.69) is 25.1 Å². The molecule has 0 radical (unpaired) electrons. The quantitative estimate of drug-likeness (QED) is 0.800. The second-order valence-electron chi connectivity index (χ2n) is 7.28. The molecular weight excluding hydrogens is 260 g/mol. The lowest BCUT2D eigenvalue weighted by molar-refractivity contribution is -0.128. The van der Waals surface area contributed by atoms with Gasteiger partial charge in [0.1, 0.15) is 6.61 Å². The first kappa shape index (κ1) is 16.2. The Morgan fingerprint density at radius 1 is 1.19 bits per heavy atom. The van der Waals surface area contributed by atoms with Crippen molar-refractivity contribution in [3.8, 4) is 0 Å². The van der Waals surface area contributed by atoms with E-state index in [1.54, 1.807) is 0 Å². The average Bonchev–Trinajstić information content (AvgIpc) is 2.44. The van der Waals surface area contributed by atoms with Crippen LogP contribution in [0.4, 0.5) is 0 Å². The number of aryl methyl sites for hydroxylation is 2. The Kier molecular flexibility index (Phi) is 5.21.